The maximum Gasteiger partial charge on any atom is 0.342 e. The number of hydrogen-bond acceptors (Lipinski definition) is 7. The first-order valence-corrected chi connectivity index (χ1v) is 9.03. The van der Waals surface area contributed by atoms with Gasteiger partial charge in [0.15, 0.2) is 18.1 Å². The molecule has 0 aromatic heterocycles. The van der Waals surface area contributed by atoms with Crippen LogP contribution in [-0.4, -0.2) is 43.3 Å². The fourth-order valence-electron chi connectivity index (χ4n) is 2.86. The van der Waals surface area contributed by atoms with Crippen LogP contribution in [0.2, 0.25) is 0 Å². The highest BCUT2D eigenvalue weighted by Gasteiger charge is 2.22. The second kappa shape index (κ2) is 8.97. The van der Waals surface area contributed by atoms with E-state index in [1.807, 2.05) is 6.07 Å². The Morgan fingerprint density at radius 2 is 1.93 bits per heavy atom. The third-order valence-corrected chi connectivity index (χ3v) is 4.28. The summed E-state index contributed by atoms with van der Waals surface area (Å²) >= 11 is 0. The van der Waals surface area contributed by atoms with E-state index in [1.165, 1.54) is 17.0 Å². The van der Waals surface area contributed by atoms with Crippen LogP contribution in [0.25, 0.3) is 0 Å². The van der Waals surface area contributed by atoms with Crippen LogP contribution in [0.1, 0.15) is 22.3 Å². The number of nitriles is 1. The average molecular weight is 396 g/mol. The number of benzene rings is 2. The van der Waals surface area contributed by atoms with Crippen LogP contribution in [0.3, 0.4) is 0 Å². The molecule has 0 saturated heterocycles. The monoisotopic (exact) mass is 396 g/mol. The molecule has 8 heteroatoms. The van der Waals surface area contributed by atoms with E-state index in [-0.39, 0.29) is 24.3 Å². The smallest absolute Gasteiger partial charge is 0.342 e. The van der Waals surface area contributed by atoms with E-state index in [2.05, 4.69) is 0 Å². The fourth-order valence-corrected chi connectivity index (χ4v) is 2.86. The molecule has 0 radical (unpaired) electrons. The number of phenols is 1. The molecule has 2 aromatic rings. The van der Waals surface area contributed by atoms with Gasteiger partial charge in [-0.05, 0) is 31.2 Å². The Morgan fingerprint density at radius 3 is 2.69 bits per heavy atom. The number of phenolic OH excluding ortho intramolecular Hbond substituents is 1. The molecule has 0 bridgehead atoms. The molecule has 1 aliphatic heterocycles. The highest BCUT2D eigenvalue weighted by atomic mass is 16.6. The number of amides is 1. The minimum absolute atomic E-state index is 0.0132. The SMILES string of the molecule is Cc1ccc(O)c(C(=O)OCC(=O)N(CCC#N)c2ccc3c(c2)OCCO3)c1. The highest BCUT2D eigenvalue weighted by molar-refractivity contribution is 5.98. The Morgan fingerprint density at radius 1 is 1.17 bits per heavy atom. The number of ether oxygens (including phenoxy) is 3. The Labute approximate surface area is 167 Å². The van der Waals surface area contributed by atoms with E-state index in [0.717, 1.165) is 5.56 Å². The molecule has 0 atom stereocenters. The second-order valence-electron chi connectivity index (χ2n) is 6.38. The zero-order chi connectivity index (χ0) is 20.8. The zero-order valence-corrected chi connectivity index (χ0v) is 15.9. The molecule has 0 spiro atoms. The van der Waals surface area contributed by atoms with E-state index in [4.69, 9.17) is 19.5 Å². The summed E-state index contributed by atoms with van der Waals surface area (Å²) in [5, 5.41) is 18.7. The summed E-state index contributed by atoms with van der Waals surface area (Å²) in [4.78, 5) is 26.3. The topological polar surface area (TPSA) is 109 Å². The second-order valence-corrected chi connectivity index (χ2v) is 6.38. The molecule has 0 saturated carbocycles. The van der Waals surface area contributed by atoms with Gasteiger partial charge in [0.25, 0.3) is 5.91 Å². The molecule has 8 nitrogen and oxygen atoms in total. The molecule has 0 aliphatic carbocycles. The number of carbonyl (C=O) groups is 2. The minimum atomic E-state index is -0.804. The lowest BCUT2D eigenvalue weighted by Crippen LogP contribution is -2.35. The third-order valence-electron chi connectivity index (χ3n) is 4.28. The van der Waals surface area contributed by atoms with Crippen molar-refractivity contribution >= 4 is 17.6 Å². The number of nitrogens with zero attached hydrogens (tertiary/aromatic N) is 2. The molecule has 1 heterocycles. The first kappa shape index (κ1) is 20.0. The van der Waals surface area contributed by atoms with Crippen molar-refractivity contribution in [3.8, 4) is 23.3 Å². The number of fused-ring (bicyclic) bond motifs is 1. The molecule has 2 aromatic carbocycles. The van der Waals surface area contributed by atoms with Crippen molar-refractivity contribution in [2.24, 2.45) is 0 Å². The van der Waals surface area contributed by atoms with Crippen molar-refractivity contribution in [1.29, 1.82) is 5.26 Å². The summed E-state index contributed by atoms with van der Waals surface area (Å²) < 4.78 is 16.1. The van der Waals surface area contributed by atoms with Gasteiger partial charge in [0.05, 0.1) is 12.5 Å². The summed E-state index contributed by atoms with van der Waals surface area (Å²) in [6.07, 6.45) is 0.104. The number of anilines is 1. The van der Waals surface area contributed by atoms with Gasteiger partial charge in [-0.25, -0.2) is 4.79 Å². The summed E-state index contributed by atoms with van der Waals surface area (Å²) in [5.74, 6) is -0.445. The Bertz CT molecular complexity index is 966. The van der Waals surface area contributed by atoms with Crippen molar-refractivity contribution < 1.29 is 28.9 Å². The van der Waals surface area contributed by atoms with E-state index in [9.17, 15) is 14.7 Å². The normalized spacial score (nSPS) is 12.0. The quantitative estimate of drug-likeness (QED) is 0.748. The Hall–Kier alpha value is -3.73. The van der Waals surface area contributed by atoms with E-state index in [0.29, 0.717) is 30.4 Å². The lowest BCUT2D eigenvalue weighted by atomic mass is 10.1. The van der Waals surface area contributed by atoms with Crippen LogP contribution >= 0.6 is 0 Å². The molecule has 0 unspecified atom stereocenters. The summed E-state index contributed by atoms with van der Waals surface area (Å²) in [6, 6.07) is 11.5. The van der Waals surface area contributed by atoms with E-state index in [1.54, 1.807) is 31.2 Å². The van der Waals surface area contributed by atoms with Gasteiger partial charge in [-0.3, -0.25) is 4.79 Å². The van der Waals surface area contributed by atoms with Gasteiger partial charge in [0.2, 0.25) is 0 Å². The van der Waals surface area contributed by atoms with Gasteiger partial charge in [-0.2, -0.15) is 5.26 Å². The number of rotatable bonds is 6. The summed E-state index contributed by atoms with van der Waals surface area (Å²) in [5.41, 5.74) is 1.26. The van der Waals surface area contributed by atoms with Crippen LogP contribution in [0, 0.1) is 18.3 Å². The first-order chi connectivity index (χ1) is 14.0. The predicted octanol–water partition coefficient (Wildman–Crippen LogP) is 2.58. The molecule has 1 N–H and O–H groups in total. The van der Waals surface area contributed by atoms with Crippen molar-refractivity contribution in [2.75, 3.05) is 31.3 Å². The van der Waals surface area contributed by atoms with Crippen LogP contribution in [0.5, 0.6) is 17.2 Å². The van der Waals surface area contributed by atoms with Crippen molar-refractivity contribution in [2.45, 2.75) is 13.3 Å². The van der Waals surface area contributed by atoms with Crippen LogP contribution in [0.4, 0.5) is 5.69 Å². The van der Waals surface area contributed by atoms with Gasteiger partial charge in [-0.15, -0.1) is 0 Å². The van der Waals surface area contributed by atoms with Crippen molar-refractivity contribution in [3.63, 3.8) is 0 Å². The molecular formula is C21H20N2O6. The van der Waals surface area contributed by atoms with Crippen LogP contribution < -0.4 is 14.4 Å². The maximum absolute atomic E-state index is 12.7. The van der Waals surface area contributed by atoms with E-state index >= 15 is 0 Å². The number of aryl methyl sites for hydroxylation is 1. The lowest BCUT2D eigenvalue weighted by Gasteiger charge is -2.24. The molecule has 29 heavy (non-hydrogen) atoms. The molecule has 3 rings (SSSR count). The summed E-state index contributed by atoms with van der Waals surface area (Å²) in [6.45, 7) is 2.21. The van der Waals surface area contributed by atoms with Crippen molar-refractivity contribution in [3.05, 3.63) is 47.5 Å². The van der Waals surface area contributed by atoms with Crippen LogP contribution in [-0.2, 0) is 9.53 Å². The van der Waals surface area contributed by atoms with Gasteiger partial charge in [-0.1, -0.05) is 11.6 Å². The zero-order valence-electron chi connectivity index (χ0n) is 15.9. The molecule has 0 fully saturated rings. The van der Waals surface area contributed by atoms with Gasteiger partial charge < -0.3 is 24.2 Å². The predicted molar refractivity (Wildman–Crippen MR) is 103 cm³/mol. The number of esters is 1. The molecular weight excluding hydrogens is 376 g/mol. The number of aromatic hydroxyl groups is 1. The molecule has 150 valence electrons. The summed E-state index contributed by atoms with van der Waals surface area (Å²) in [7, 11) is 0. The Kier molecular flexibility index (Phi) is 6.19. The van der Waals surface area contributed by atoms with Gasteiger partial charge in [0, 0.05) is 18.3 Å². The number of carbonyl (C=O) groups excluding carboxylic acids is 2. The van der Waals surface area contributed by atoms with E-state index < -0.39 is 18.5 Å². The fraction of sp³-hybridized carbons (Fsp3) is 0.286. The minimum Gasteiger partial charge on any atom is -0.507 e. The average Bonchev–Trinajstić information content (AvgIpc) is 2.73. The van der Waals surface area contributed by atoms with Gasteiger partial charge in [0.1, 0.15) is 24.5 Å². The number of hydrogen-bond donors (Lipinski definition) is 1. The lowest BCUT2D eigenvalue weighted by molar-refractivity contribution is -0.121. The molecule has 1 aliphatic rings. The third kappa shape index (κ3) is 4.76. The van der Waals surface area contributed by atoms with Crippen molar-refractivity contribution in [1.82, 2.24) is 0 Å². The standard InChI is InChI=1S/C21H20N2O6/c1-14-3-5-17(24)16(11-14)21(26)29-13-20(25)23(8-2-7-22)15-4-6-18-19(12-15)28-10-9-27-18/h3-6,11-12,24H,2,8-10,13H2,1H3. The van der Waals surface area contributed by atoms with Gasteiger partial charge >= 0.3 is 5.97 Å². The maximum atomic E-state index is 12.7. The van der Waals surface area contributed by atoms with Crippen LogP contribution in [0.15, 0.2) is 36.4 Å². The highest BCUT2D eigenvalue weighted by Crippen LogP contribution is 2.34. The first-order valence-electron chi connectivity index (χ1n) is 9.03. The molecule has 1 amide bonds. The largest absolute Gasteiger partial charge is 0.507 e. The Balaban J connectivity index is 1.73.